The summed E-state index contributed by atoms with van der Waals surface area (Å²) in [6, 6.07) is 10.9. The van der Waals surface area contributed by atoms with E-state index >= 15 is 0 Å². The fourth-order valence-corrected chi connectivity index (χ4v) is 2.88. The van der Waals surface area contributed by atoms with Crippen LogP contribution >= 0.6 is 0 Å². The zero-order valence-corrected chi connectivity index (χ0v) is 16.6. The highest BCUT2D eigenvalue weighted by Gasteiger charge is 2.14. The summed E-state index contributed by atoms with van der Waals surface area (Å²) in [5.74, 6) is -1.04. The van der Waals surface area contributed by atoms with Crippen molar-refractivity contribution in [3.05, 3.63) is 83.7 Å². The third kappa shape index (κ3) is 5.03. The molecule has 2 aromatic heterocycles. The van der Waals surface area contributed by atoms with Gasteiger partial charge in [0.05, 0.1) is 18.2 Å². The van der Waals surface area contributed by atoms with E-state index in [4.69, 9.17) is 13.6 Å². The van der Waals surface area contributed by atoms with E-state index in [0.29, 0.717) is 11.6 Å². The molecule has 0 spiro atoms. The number of hydrogen-bond acceptors (Lipinski definition) is 6. The molecule has 0 atom stereocenters. The van der Waals surface area contributed by atoms with Gasteiger partial charge in [0.2, 0.25) is 5.89 Å². The van der Waals surface area contributed by atoms with E-state index in [2.05, 4.69) is 9.97 Å². The van der Waals surface area contributed by atoms with Crippen molar-refractivity contribution >= 4 is 5.97 Å². The standard InChI is InChI=1S/C23H18F2N2O4/c1-14-2-4-15(5-3-14)23-27-17(13-30-23)12-29-22(28)9-8-21-26-11-20(31-21)18-7-6-16(24)10-19(18)25/h2-7,10-11,13H,8-9,12H2,1H3. The number of carbonyl (C=O) groups is 1. The molecule has 0 unspecified atom stereocenters. The van der Waals surface area contributed by atoms with Crippen LogP contribution in [0.1, 0.15) is 23.6 Å². The number of benzene rings is 2. The molecule has 0 aliphatic heterocycles. The molecule has 0 saturated heterocycles. The highest BCUT2D eigenvalue weighted by atomic mass is 19.1. The van der Waals surface area contributed by atoms with E-state index < -0.39 is 17.6 Å². The molecule has 31 heavy (non-hydrogen) atoms. The molecule has 4 aromatic rings. The highest BCUT2D eigenvalue weighted by molar-refractivity contribution is 5.69. The number of oxazole rings is 2. The number of nitrogens with zero attached hydrogens (tertiary/aromatic N) is 2. The van der Waals surface area contributed by atoms with E-state index in [1.807, 2.05) is 31.2 Å². The summed E-state index contributed by atoms with van der Waals surface area (Å²) >= 11 is 0. The van der Waals surface area contributed by atoms with Crippen molar-refractivity contribution in [2.45, 2.75) is 26.4 Å². The van der Waals surface area contributed by atoms with Gasteiger partial charge in [0.15, 0.2) is 11.7 Å². The third-order valence-electron chi connectivity index (χ3n) is 4.52. The summed E-state index contributed by atoms with van der Waals surface area (Å²) in [6.45, 7) is 1.97. The minimum atomic E-state index is -0.750. The number of hydrogen-bond donors (Lipinski definition) is 0. The van der Waals surface area contributed by atoms with E-state index in [0.717, 1.165) is 23.3 Å². The van der Waals surface area contributed by atoms with Gasteiger partial charge in [-0.3, -0.25) is 4.79 Å². The number of carbonyl (C=O) groups excluding carboxylic acids is 1. The molecule has 2 aromatic carbocycles. The Morgan fingerprint density at radius 3 is 2.71 bits per heavy atom. The van der Waals surface area contributed by atoms with Crippen molar-refractivity contribution in [2.75, 3.05) is 0 Å². The van der Waals surface area contributed by atoms with Crippen LogP contribution in [0.15, 0.2) is 63.8 Å². The van der Waals surface area contributed by atoms with Gasteiger partial charge in [-0.05, 0) is 31.2 Å². The number of aryl methyl sites for hydroxylation is 2. The van der Waals surface area contributed by atoms with Gasteiger partial charge in [0.25, 0.3) is 0 Å². The highest BCUT2D eigenvalue weighted by Crippen LogP contribution is 2.25. The Kier molecular flexibility index (Phi) is 5.88. The van der Waals surface area contributed by atoms with Gasteiger partial charge in [-0.15, -0.1) is 0 Å². The summed E-state index contributed by atoms with van der Waals surface area (Å²) in [6.07, 6.45) is 2.97. The first-order chi connectivity index (χ1) is 15.0. The first-order valence-corrected chi connectivity index (χ1v) is 9.55. The van der Waals surface area contributed by atoms with Crippen molar-refractivity contribution in [1.82, 2.24) is 9.97 Å². The SMILES string of the molecule is Cc1ccc(-c2nc(COC(=O)CCc3ncc(-c4ccc(F)cc4F)o3)co2)cc1. The van der Waals surface area contributed by atoms with Crippen LogP contribution in [0.5, 0.6) is 0 Å². The maximum absolute atomic E-state index is 13.8. The van der Waals surface area contributed by atoms with Gasteiger partial charge in [0.1, 0.15) is 30.2 Å². The second-order valence-electron chi connectivity index (χ2n) is 6.91. The van der Waals surface area contributed by atoms with E-state index in [9.17, 15) is 13.6 Å². The molecule has 0 N–H and O–H groups in total. The van der Waals surface area contributed by atoms with Gasteiger partial charge in [-0.25, -0.2) is 18.7 Å². The van der Waals surface area contributed by atoms with Crippen molar-refractivity contribution in [2.24, 2.45) is 0 Å². The Morgan fingerprint density at radius 2 is 1.94 bits per heavy atom. The fraction of sp³-hybridized carbons (Fsp3) is 0.174. The Hall–Kier alpha value is -3.81. The summed E-state index contributed by atoms with van der Waals surface area (Å²) in [5.41, 5.74) is 2.55. The van der Waals surface area contributed by atoms with Crippen LogP contribution in [-0.4, -0.2) is 15.9 Å². The molecular weight excluding hydrogens is 406 g/mol. The summed E-state index contributed by atoms with van der Waals surface area (Å²) < 4.78 is 43.0. The molecule has 2 heterocycles. The molecule has 4 rings (SSSR count). The Balaban J connectivity index is 1.28. The van der Waals surface area contributed by atoms with Crippen LogP contribution in [0.3, 0.4) is 0 Å². The molecule has 6 nitrogen and oxygen atoms in total. The lowest BCUT2D eigenvalue weighted by Gasteiger charge is -2.01. The Morgan fingerprint density at radius 1 is 1.13 bits per heavy atom. The predicted molar refractivity (Wildman–Crippen MR) is 107 cm³/mol. The number of halogens is 2. The monoisotopic (exact) mass is 424 g/mol. The number of esters is 1. The zero-order valence-electron chi connectivity index (χ0n) is 16.6. The topological polar surface area (TPSA) is 78.4 Å². The maximum Gasteiger partial charge on any atom is 0.306 e. The molecule has 0 amide bonds. The molecule has 0 radical (unpaired) electrons. The summed E-state index contributed by atoms with van der Waals surface area (Å²) in [4.78, 5) is 20.4. The second-order valence-corrected chi connectivity index (χ2v) is 6.91. The average molecular weight is 424 g/mol. The zero-order chi connectivity index (χ0) is 21.8. The molecule has 8 heteroatoms. The maximum atomic E-state index is 13.8. The average Bonchev–Trinajstić information content (AvgIpc) is 3.41. The smallest absolute Gasteiger partial charge is 0.306 e. The number of ether oxygens (including phenoxy) is 1. The first kappa shape index (κ1) is 20.5. The number of rotatable bonds is 7. The number of aromatic nitrogens is 2. The molecule has 158 valence electrons. The minimum Gasteiger partial charge on any atom is -0.459 e. The van der Waals surface area contributed by atoms with Crippen LogP contribution < -0.4 is 0 Å². The van der Waals surface area contributed by atoms with Crippen molar-refractivity contribution in [3.8, 4) is 22.8 Å². The molecule has 0 saturated carbocycles. The van der Waals surface area contributed by atoms with Gasteiger partial charge in [0, 0.05) is 18.1 Å². The quantitative estimate of drug-likeness (QED) is 0.377. The minimum absolute atomic E-state index is 0.0220. The molecule has 0 fully saturated rings. The van der Waals surface area contributed by atoms with Crippen LogP contribution in [0.25, 0.3) is 22.8 Å². The van der Waals surface area contributed by atoms with Crippen LogP contribution in [0, 0.1) is 18.6 Å². The third-order valence-corrected chi connectivity index (χ3v) is 4.52. The summed E-state index contributed by atoms with van der Waals surface area (Å²) in [7, 11) is 0. The second kappa shape index (κ2) is 8.91. The molecule has 0 bridgehead atoms. The van der Waals surface area contributed by atoms with Crippen LogP contribution in [-0.2, 0) is 22.6 Å². The molecule has 0 aliphatic carbocycles. The molecular formula is C23H18F2N2O4. The molecule has 0 aliphatic rings. The normalized spacial score (nSPS) is 10.9. The van der Waals surface area contributed by atoms with Gasteiger partial charge >= 0.3 is 5.97 Å². The Bertz CT molecular complexity index is 1200. The van der Waals surface area contributed by atoms with Crippen molar-refractivity contribution < 1.29 is 27.1 Å². The fourth-order valence-electron chi connectivity index (χ4n) is 2.88. The van der Waals surface area contributed by atoms with Gasteiger partial charge in [-0.2, -0.15) is 0 Å². The lowest BCUT2D eigenvalue weighted by molar-refractivity contribution is -0.145. The van der Waals surface area contributed by atoms with Crippen LogP contribution in [0.2, 0.25) is 0 Å². The lowest BCUT2D eigenvalue weighted by atomic mass is 10.1. The first-order valence-electron chi connectivity index (χ1n) is 9.55. The van der Waals surface area contributed by atoms with E-state index in [-0.39, 0.29) is 36.7 Å². The van der Waals surface area contributed by atoms with Crippen molar-refractivity contribution in [3.63, 3.8) is 0 Å². The predicted octanol–water partition coefficient (Wildman–Crippen LogP) is 5.26. The summed E-state index contributed by atoms with van der Waals surface area (Å²) in [5, 5.41) is 0. The Labute approximate surface area is 176 Å². The largest absolute Gasteiger partial charge is 0.459 e. The van der Waals surface area contributed by atoms with E-state index in [1.54, 1.807) is 0 Å². The van der Waals surface area contributed by atoms with Crippen molar-refractivity contribution in [1.29, 1.82) is 0 Å². The van der Waals surface area contributed by atoms with E-state index in [1.165, 1.54) is 18.5 Å². The van der Waals surface area contributed by atoms with Gasteiger partial charge < -0.3 is 13.6 Å². The lowest BCUT2D eigenvalue weighted by Crippen LogP contribution is -2.06. The van der Waals surface area contributed by atoms with Crippen LogP contribution in [0.4, 0.5) is 8.78 Å². The van der Waals surface area contributed by atoms with Gasteiger partial charge in [-0.1, -0.05) is 17.7 Å².